The Morgan fingerprint density at radius 2 is 1.92 bits per heavy atom. The van der Waals surface area contributed by atoms with Crippen molar-refractivity contribution in [2.24, 2.45) is 5.92 Å². The van der Waals surface area contributed by atoms with E-state index in [1.165, 1.54) is 12.0 Å². The number of nitrogens with zero attached hydrogens (tertiary/aromatic N) is 3. The molecule has 25 heavy (non-hydrogen) atoms. The van der Waals surface area contributed by atoms with Gasteiger partial charge in [-0.25, -0.2) is 0 Å². The molecule has 1 aromatic rings. The molecule has 2 fully saturated rings. The highest BCUT2D eigenvalue weighted by atomic mass is 35.5. The number of benzene rings is 1. The van der Waals surface area contributed by atoms with Crippen LogP contribution in [0.25, 0.3) is 0 Å². The molecule has 0 bridgehead atoms. The van der Waals surface area contributed by atoms with Crippen LogP contribution in [-0.2, 0) is 4.79 Å². The monoisotopic (exact) mass is 363 g/mol. The van der Waals surface area contributed by atoms with E-state index in [4.69, 9.17) is 11.6 Å². The second kappa shape index (κ2) is 8.52. The van der Waals surface area contributed by atoms with Crippen molar-refractivity contribution in [3.8, 4) is 0 Å². The summed E-state index contributed by atoms with van der Waals surface area (Å²) in [6.45, 7) is 10.8. The van der Waals surface area contributed by atoms with Gasteiger partial charge in [0.15, 0.2) is 0 Å². The first-order valence-corrected chi connectivity index (χ1v) is 9.91. The second-order valence-corrected chi connectivity index (χ2v) is 8.00. The molecule has 0 aromatic heterocycles. The van der Waals surface area contributed by atoms with Gasteiger partial charge in [0.1, 0.15) is 0 Å². The smallest absolute Gasteiger partial charge is 0.236 e. The van der Waals surface area contributed by atoms with Crippen LogP contribution in [0.5, 0.6) is 0 Å². The first kappa shape index (κ1) is 18.7. The molecular weight excluding hydrogens is 334 g/mol. The molecule has 1 amide bonds. The van der Waals surface area contributed by atoms with Crippen molar-refractivity contribution >= 4 is 17.5 Å². The largest absolute Gasteiger partial charge is 0.341 e. The molecule has 138 valence electrons. The number of rotatable bonds is 4. The predicted octanol–water partition coefficient (Wildman–Crippen LogP) is 3.28. The Morgan fingerprint density at radius 3 is 2.60 bits per heavy atom. The van der Waals surface area contributed by atoms with Gasteiger partial charge in [-0.1, -0.05) is 36.7 Å². The van der Waals surface area contributed by atoms with Crippen molar-refractivity contribution in [2.75, 3.05) is 45.8 Å². The lowest BCUT2D eigenvalue weighted by Crippen LogP contribution is -2.51. The van der Waals surface area contributed by atoms with E-state index in [9.17, 15) is 4.79 Å². The maximum Gasteiger partial charge on any atom is 0.236 e. The van der Waals surface area contributed by atoms with Crippen molar-refractivity contribution in [1.82, 2.24) is 14.7 Å². The van der Waals surface area contributed by atoms with E-state index < -0.39 is 0 Å². The van der Waals surface area contributed by atoms with Gasteiger partial charge in [-0.2, -0.15) is 0 Å². The maximum absolute atomic E-state index is 12.5. The van der Waals surface area contributed by atoms with Gasteiger partial charge in [-0.15, -0.1) is 0 Å². The molecule has 4 nitrogen and oxygen atoms in total. The van der Waals surface area contributed by atoms with Gasteiger partial charge in [0, 0.05) is 50.3 Å². The molecule has 0 N–H and O–H groups in total. The topological polar surface area (TPSA) is 26.8 Å². The number of hydrogen-bond acceptors (Lipinski definition) is 3. The SMILES string of the molecule is CC1CCCN(C(=O)CN2CCN(C(C)c3ccccc3Cl)CC2)C1. The van der Waals surface area contributed by atoms with Gasteiger partial charge in [-0.3, -0.25) is 14.6 Å². The van der Waals surface area contributed by atoms with Crippen LogP contribution in [0.3, 0.4) is 0 Å². The van der Waals surface area contributed by atoms with Crippen molar-refractivity contribution in [3.05, 3.63) is 34.9 Å². The minimum Gasteiger partial charge on any atom is -0.341 e. The third-order valence-electron chi connectivity index (χ3n) is 5.68. The number of piperazine rings is 1. The summed E-state index contributed by atoms with van der Waals surface area (Å²) in [7, 11) is 0. The van der Waals surface area contributed by atoms with Gasteiger partial charge < -0.3 is 4.90 Å². The van der Waals surface area contributed by atoms with Crippen molar-refractivity contribution in [3.63, 3.8) is 0 Å². The lowest BCUT2D eigenvalue weighted by atomic mass is 10.0. The summed E-state index contributed by atoms with van der Waals surface area (Å²) in [5.74, 6) is 0.949. The first-order chi connectivity index (χ1) is 12.0. The fraction of sp³-hybridized carbons (Fsp3) is 0.650. The zero-order chi connectivity index (χ0) is 17.8. The molecule has 2 saturated heterocycles. The Bertz CT molecular complexity index is 586. The Balaban J connectivity index is 1.48. The van der Waals surface area contributed by atoms with Gasteiger partial charge in [0.25, 0.3) is 0 Å². The highest BCUT2D eigenvalue weighted by molar-refractivity contribution is 6.31. The number of amides is 1. The fourth-order valence-corrected chi connectivity index (χ4v) is 4.32. The molecule has 2 unspecified atom stereocenters. The molecule has 2 atom stereocenters. The zero-order valence-electron chi connectivity index (χ0n) is 15.5. The Kier molecular flexibility index (Phi) is 6.37. The summed E-state index contributed by atoms with van der Waals surface area (Å²) in [5, 5.41) is 0.840. The van der Waals surface area contributed by atoms with E-state index in [2.05, 4.69) is 34.6 Å². The second-order valence-electron chi connectivity index (χ2n) is 7.60. The van der Waals surface area contributed by atoms with E-state index in [1.807, 2.05) is 18.2 Å². The molecule has 5 heteroatoms. The highest BCUT2D eigenvalue weighted by Gasteiger charge is 2.26. The fourth-order valence-electron chi connectivity index (χ4n) is 4.03. The van der Waals surface area contributed by atoms with E-state index >= 15 is 0 Å². The van der Waals surface area contributed by atoms with Crippen molar-refractivity contribution in [1.29, 1.82) is 0 Å². The van der Waals surface area contributed by atoms with Crippen LogP contribution in [0.4, 0.5) is 0 Å². The highest BCUT2D eigenvalue weighted by Crippen LogP contribution is 2.27. The molecule has 0 aliphatic carbocycles. The maximum atomic E-state index is 12.5. The molecule has 0 spiro atoms. The van der Waals surface area contributed by atoms with Crippen LogP contribution in [-0.4, -0.2) is 66.4 Å². The normalized spacial score (nSPS) is 24.3. The molecule has 0 radical (unpaired) electrons. The number of halogens is 1. The van der Waals surface area contributed by atoms with Crippen LogP contribution in [0.15, 0.2) is 24.3 Å². The lowest BCUT2D eigenvalue weighted by molar-refractivity contribution is -0.134. The van der Waals surface area contributed by atoms with Gasteiger partial charge in [-0.05, 0) is 37.3 Å². The minimum atomic E-state index is 0.305. The Labute approximate surface area is 156 Å². The summed E-state index contributed by atoms with van der Waals surface area (Å²) in [6, 6.07) is 8.41. The number of hydrogen-bond donors (Lipinski definition) is 0. The van der Waals surface area contributed by atoms with Crippen LogP contribution in [0.1, 0.15) is 38.3 Å². The molecule has 2 aliphatic heterocycles. The van der Waals surface area contributed by atoms with Gasteiger partial charge >= 0.3 is 0 Å². The summed E-state index contributed by atoms with van der Waals surface area (Å²) in [4.78, 5) is 19.4. The summed E-state index contributed by atoms with van der Waals surface area (Å²) < 4.78 is 0. The number of carbonyl (C=O) groups excluding carboxylic acids is 1. The molecular formula is C20H30ClN3O. The predicted molar refractivity (Wildman–Crippen MR) is 103 cm³/mol. The summed E-state index contributed by atoms with van der Waals surface area (Å²) >= 11 is 6.35. The van der Waals surface area contributed by atoms with Gasteiger partial charge in [0.05, 0.1) is 6.54 Å². The minimum absolute atomic E-state index is 0.305. The quantitative estimate of drug-likeness (QED) is 0.821. The third kappa shape index (κ3) is 4.75. The van der Waals surface area contributed by atoms with E-state index in [1.54, 1.807) is 0 Å². The van der Waals surface area contributed by atoms with Crippen LogP contribution >= 0.6 is 11.6 Å². The average molecular weight is 364 g/mol. The van der Waals surface area contributed by atoms with Crippen molar-refractivity contribution < 1.29 is 4.79 Å². The Morgan fingerprint density at radius 1 is 1.20 bits per heavy atom. The van der Waals surface area contributed by atoms with Gasteiger partial charge in [0.2, 0.25) is 5.91 Å². The Hall–Kier alpha value is -1.10. The average Bonchev–Trinajstić information content (AvgIpc) is 2.62. The standard InChI is InChI=1S/C20H30ClN3O/c1-16-6-5-9-24(14-16)20(25)15-22-10-12-23(13-11-22)17(2)18-7-3-4-8-19(18)21/h3-4,7-8,16-17H,5-6,9-15H2,1-2H3. The van der Waals surface area contributed by atoms with Crippen LogP contribution < -0.4 is 0 Å². The lowest BCUT2D eigenvalue weighted by Gasteiger charge is -2.39. The van der Waals surface area contributed by atoms with E-state index in [0.29, 0.717) is 24.4 Å². The molecule has 1 aromatic carbocycles. The van der Waals surface area contributed by atoms with Crippen LogP contribution in [0, 0.1) is 5.92 Å². The molecule has 2 heterocycles. The third-order valence-corrected chi connectivity index (χ3v) is 6.02. The molecule has 3 rings (SSSR count). The zero-order valence-corrected chi connectivity index (χ0v) is 16.2. The number of piperidine rings is 1. The van der Waals surface area contributed by atoms with Crippen LogP contribution in [0.2, 0.25) is 5.02 Å². The van der Waals surface area contributed by atoms with Crippen molar-refractivity contribution in [2.45, 2.75) is 32.7 Å². The molecule has 0 saturated carbocycles. The number of likely N-dealkylation sites (tertiary alicyclic amines) is 1. The van der Waals surface area contributed by atoms with E-state index in [-0.39, 0.29) is 0 Å². The molecule has 2 aliphatic rings. The summed E-state index contributed by atoms with van der Waals surface area (Å²) in [6.07, 6.45) is 2.40. The number of carbonyl (C=O) groups is 1. The van der Waals surface area contributed by atoms with E-state index in [0.717, 1.165) is 50.7 Å². The summed E-state index contributed by atoms with van der Waals surface area (Å²) in [5.41, 5.74) is 1.19. The first-order valence-electron chi connectivity index (χ1n) is 9.53.